The molecule has 76 valence electrons. The van der Waals surface area contributed by atoms with Gasteiger partial charge in [0.05, 0.1) is 11.3 Å². The maximum absolute atomic E-state index is 10.7. The molecule has 0 fully saturated rings. The number of anilines is 2. The molecule has 0 bridgehead atoms. The summed E-state index contributed by atoms with van der Waals surface area (Å²) in [6.07, 6.45) is 0. The zero-order valence-electron chi connectivity index (χ0n) is 6.93. The van der Waals surface area contributed by atoms with E-state index in [-0.39, 0.29) is 16.9 Å². The monoisotopic (exact) mass is 216 g/mol. The lowest BCUT2D eigenvalue weighted by Gasteiger charge is -2.06. The van der Waals surface area contributed by atoms with Crippen molar-refractivity contribution in [1.82, 2.24) is 0 Å². The Morgan fingerprint density at radius 2 is 2.14 bits per heavy atom. The standard InChI is InChI=1S/C7H8N2O4S/c8-4-1-2-6(9-14(12)13)5(3-4)7(10)11/h1-3,9H,8H2,(H,10,11)(H,12,13). The van der Waals surface area contributed by atoms with Crippen molar-refractivity contribution in [2.75, 3.05) is 10.5 Å². The van der Waals surface area contributed by atoms with Gasteiger partial charge in [0.1, 0.15) is 0 Å². The molecule has 1 atom stereocenters. The quantitative estimate of drug-likeness (QED) is 0.434. The third-order valence-corrected chi connectivity index (χ3v) is 1.87. The van der Waals surface area contributed by atoms with E-state index in [2.05, 4.69) is 4.72 Å². The van der Waals surface area contributed by atoms with Gasteiger partial charge in [-0.05, 0) is 18.2 Å². The normalized spacial score (nSPS) is 12.1. The minimum Gasteiger partial charge on any atom is -0.478 e. The van der Waals surface area contributed by atoms with Crippen molar-refractivity contribution in [3.05, 3.63) is 23.8 Å². The van der Waals surface area contributed by atoms with E-state index in [4.69, 9.17) is 15.4 Å². The molecule has 0 saturated heterocycles. The van der Waals surface area contributed by atoms with E-state index in [1.165, 1.54) is 18.2 Å². The van der Waals surface area contributed by atoms with Crippen LogP contribution in [0.3, 0.4) is 0 Å². The molecule has 6 nitrogen and oxygen atoms in total. The highest BCUT2D eigenvalue weighted by Gasteiger charge is 2.11. The molecule has 0 aliphatic rings. The number of carboxylic acid groups (broad SMARTS) is 1. The van der Waals surface area contributed by atoms with Gasteiger partial charge in [-0.1, -0.05) is 0 Å². The summed E-state index contributed by atoms with van der Waals surface area (Å²) in [6, 6.07) is 3.96. The number of benzene rings is 1. The molecule has 1 rings (SSSR count). The van der Waals surface area contributed by atoms with Gasteiger partial charge < -0.3 is 10.8 Å². The van der Waals surface area contributed by atoms with E-state index in [0.717, 1.165) is 0 Å². The molecule has 0 saturated carbocycles. The Morgan fingerprint density at radius 3 is 2.64 bits per heavy atom. The van der Waals surface area contributed by atoms with Gasteiger partial charge in [-0.2, -0.15) is 0 Å². The zero-order valence-corrected chi connectivity index (χ0v) is 7.75. The number of rotatable bonds is 3. The van der Waals surface area contributed by atoms with Gasteiger partial charge in [-0.15, -0.1) is 0 Å². The lowest BCUT2D eigenvalue weighted by atomic mass is 10.1. The molecule has 5 N–H and O–H groups in total. The molecular weight excluding hydrogens is 208 g/mol. The minimum absolute atomic E-state index is 0.0486. The summed E-state index contributed by atoms with van der Waals surface area (Å²) in [4.78, 5) is 10.7. The fraction of sp³-hybridized carbons (Fsp3) is 0. The smallest absolute Gasteiger partial charge is 0.337 e. The minimum atomic E-state index is -2.30. The van der Waals surface area contributed by atoms with Crippen LogP contribution in [0.4, 0.5) is 11.4 Å². The van der Waals surface area contributed by atoms with E-state index in [0.29, 0.717) is 0 Å². The maximum atomic E-state index is 10.7. The van der Waals surface area contributed by atoms with Crippen molar-refractivity contribution in [2.45, 2.75) is 0 Å². The van der Waals surface area contributed by atoms with Crippen LogP contribution in [0.2, 0.25) is 0 Å². The first kappa shape index (κ1) is 10.5. The van der Waals surface area contributed by atoms with Gasteiger partial charge in [-0.3, -0.25) is 9.27 Å². The van der Waals surface area contributed by atoms with Crippen LogP contribution < -0.4 is 10.5 Å². The van der Waals surface area contributed by atoms with Crippen molar-refractivity contribution in [1.29, 1.82) is 0 Å². The van der Waals surface area contributed by atoms with Crippen molar-refractivity contribution >= 4 is 28.6 Å². The van der Waals surface area contributed by atoms with Crippen LogP contribution in [0, 0.1) is 0 Å². The number of nitrogen functional groups attached to an aromatic ring is 1. The number of nitrogens with two attached hydrogens (primary N) is 1. The van der Waals surface area contributed by atoms with Crippen LogP contribution in [0.15, 0.2) is 18.2 Å². The second-order valence-electron chi connectivity index (χ2n) is 2.46. The molecule has 1 aromatic carbocycles. The molecule has 0 radical (unpaired) electrons. The van der Waals surface area contributed by atoms with Crippen LogP contribution in [0.1, 0.15) is 10.4 Å². The highest BCUT2D eigenvalue weighted by molar-refractivity contribution is 7.80. The SMILES string of the molecule is Nc1ccc(NS(=O)O)c(C(=O)O)c1. The summed E-state index contributed by atoms with van der Waals surface area (Å²) in [5.41, 5.74) is 5.54. The van der Waals surface area contributed by atoms with Crippen LogP contribution >= 0.6 is 0 Å². The van der Waals surface area contributed by atoms with Gasteiger partial charge in [0.15, 0.2) is 0 Å². The molecule has 0 spiro atoms. The summed E-state index contributed by atoms with van der Waals surface area (Å²) in [6.45, 7) is 0. The van der Waals surface area contributed by atoms with E-state index >= 15 is 0 Å². The summed E-state index contributed by atoms with van der Waals surface area (Å²) >= 11 is -2.30. The zero-order chi connectivity index (χ0) is 10.7. The molecule has 0 amide bonds. The Labute approximate surface area is 82.2 Å². The molecule has 1 aromatic rings. The largest absolute Gasteiger partial charge is 0.478 e. The lowest BCUT2D eigenvalue weighted by Crippen LogP contribution is -2.08. The predicted octanol–water partition coefficient (Wildman–Crippen LogP) is 0.516. The molecule has 0 aliphatic carbocycles. The highest BCUT2D eigenvalue weighted by Crippen LogP contribution is 2.19. The van der Waals surface area contributed by atoms with Crippen LogP contribution in [0.25, 0.3) is 0 Å². The molecule has 7 heteroatoms. The third-order valence-electron chi connectivity index (χ3n) is 1.47. The number of hydrogen-bond donors (Lipinski definition) is 4. The predicted molar refractivity (Wildman–Crippen MR) is 52.2 cm³/mol. The van der Waals surface area contributed by atoms with Crippen molar-refractivity contribution in [3.63, 3.8) is 0 Å². The van der Waals surface area contributed by atoms with Crippen molar-refractivity contribution in [2.24, 2.45) is 0 Å². The topological polar surface area (TPSA) is 113 Å². The number of carboxylic acids is 1. The van der Waals surface area contributed by atoms with E-state index in [1.807, 2.05) is 0 Å². The number of hydrogen-bond acceptors (Lipinski definition) is 3. The first-order valence-corrected chi connectivity index (χ1v) is 4.61. The van der Waals surface area contributed by atoms with Crippen LogP contribution in [0.5, 0.6) is 0 Å². The van der Waals surface area contributed by atoms with E-state index in [1.54, 1.807) is 0 Å². The Morgan fingerprint density at radius 1 is 1.50 bits per heavy atom. The van der Waals surface area contributed by atoms with Crippen LogP contribution in [-0.2, 0) is 11.3 Å². The first-order valence-electron chi connectivity index (χ1n) is 3.51. The van der Waals surface area contributed by atoms with Crippen molar-refractivity contribution in [3.8, 4) is 0 Å². The molecule has 0 aliphatic heterocycles. The first-order chi connectivity index (χ1) is 6.50. The summed E-state index contributed by atoms with van der Waals surface area (Å²) < 4.78 is 21.0. The Hall–Kier alpha value is -1.60. The van der Waals surface area contributed by atoms with Crippen molar-refractivity contribution < 1.29 is 18.7 Å². The molecule has 14 heavy (non-hydrogen) atoms. The number of aromatic carboxylic acids is 1. The Balaban J connectivity index is 3.14. The highest BCUT2D eigenvalue weighted by atomic mass is 32.2. The summed E-state index contributed by atoms with van der Waals surface area (Å²) in [5, 5.41) is 8.73. The Bertz CT molecular complexity index is 393. The molecule has 1 unspecified atom stereocenters. The maximum Gasteiger partial charge on any atom is 0.337 e. The van der Waals surface area contributed by atoms with Gasteiger partial charge in [0.2, 0.25) is 0 Å². The van der Waals surface area contributed by atoms with Gasteiger partial charge in [0.25, 0.3) is 11.3 Å². The Kier molecular flexibility index (Phi) is 3.05. The van der Waals surface area contributed by atoms with E-state index in [9.17, 15) is 9.00 Å². The lowest BCUT2D eigenvalue weighted by molar-refractivity contribution is 0.0698. The van der Waals surface area contributed by atoms with Crippen LogP contribution in [-0.4, -0.2) is 19.8 Å². The second-order valence-corrected chi connectivity index (χ2v) is 3.16. The average molecular weight is 216 g/mol. The molecular formula is C7H8N2O4S. The average Bonchev–Trinajstić information content (AvgIpc) is 2.07. The van der Waals surface area contributed by atoms with Gasteiger partial charge in [0, 0.05) is 5.69 Å². The second kappa shape index (κ2) is 4.07. The molecule has 0 aromatic heterocycles. The summed E-state index contributed by atoms with van der Waals surface area (Å²) in [5.74, 6) is -1.22. The van der Waals surface area contributed by atoms with Gasteiger partial charge in [-0.25, -0.2) is 9.00 Å². The third kappa shape index (κ3) is 2.44. The van der Waals surface area contributed by atoms with Gasteiger partial charge >= 0.3 is 5.97 Å². The molecule has 0 heterocycles. The number of carbonyl (C=O) groups is 1. The summed E-state index contributed by atoms with van der Waals surface area (Å²) in [7, 11) is 0. The fourth-order valence-electron chi connectivity index (χ4n) is 0.922. The number of nitrogens with one attached hydrogen (secondary N) is 1. The van der Waals surface area contributed by atoms with E-state index < -0.39 is 17.2 Å². The fourth-order valence-corrected chi connectivity index (χ4v) is 1.29.